The first-order valence-electron chi connectivity index (χ1n) is 19.2. The minimum Gasteiger partial charge on any atom is -0.494 e. The summed E-state index contributed by atoms with van der Waals surface area (Å²) in [7, 11) is 0. The molecule has 1 unspecified atom stereocenters. The third-order valence-electron chi connectivity index (χ3n) is 9.20. The van der Waals surface area contributed by atoms with Crippen LogP contribution in [-0.2, 0) is 4.74 Å². The van der Waals surface area contributed by atoms with Gasteiger partial charge in [0.1, 0.15) is 5.75 Å². The van der Waals surface area contributed by atoms with Gasteiger partial charge in [0.15, 0.2) is 0 Å². The lowest BCUT2D eigenvalue weighted by atomic mass is 10.0. The van der Waals surface area contributed by atoms with E-state index in [0.29, 0.717) is 0 Å². The van der Waals surface area contributed by atoms with E-state index in [1.54, 1.807) is 0 Å². The van der Waals surface area contributed by atoms with Gasteiger partial charge in [-0.15, -0.1) is 0 Å². The lowest BCUT2D eigenvalue weighted by molar-refractivity contribution is 0.0627. The molecule has 0 N–H and O–H groups in total. The van der Waals surface area contributed by atoms with Crippen LogP contribution in [0.4, 0.5) is 0 Å². The Bertz CT molecular complexity index is 872. The molecule has 0 radical (unpaired) electrons. The lowest BCUT2D eigenvalue weighted by Crippen LogP contribution is -2.01. The van der Waals surface area contributed by atoms with Crippen LogP contribution in [0.1, 0.15) is 187 Å². The van der Waals surface area contributed by atoms with Crippen molar-refractivity contribution < 1.29 is 9.47 Å². The first-order chi connectivity index (χ1) is 21.7. The number of unbranched alkanes of at least 4 members (excludes halogenated alkanes) is 22. The van der Waals surface area contributed by atoms with Crippen molar-refractivity contribution in [3.63, 3.8) is 0 Å². The number of hydrogen-bond acceptors (Lipinski definition) is 2. The molecule has 1 atom stereocenters. The first kappa shape index (κ1) is 38.4. The predicted octanol–water partition coefficient (Wildman–Crippen LogP) is 14.2. The highest BCUT2D eigenvalue weighted by Gasteiger charge is 2.07. The van der Waals surface area contributed by atoms with Gasteiger partial charge in [0, 0.05) is 6.61 Å². The van der Waals surface area contributed by atoms with E-state index in [0.717, 1.165) is 25.4 Å². The summed E-state index contributed by atoms with van der Waals surface area (Å²) in [4.78, 5) is 0. The van der Waals surface area contributed by atoms with Crippen LogP contribution in [-0.4, -0.2) is 13.2 Å². The second-order valence-corrected chi connectivity index (χ2v) is 13.3. The van der Waals surface area contributed by atoms with Crippen molar-refractivity contribution in [3.05, 3.63) is 54.1 Å². The molecule has 2 aromatic rings. The molecule has 0 saturated carbocycles. The topological polar surface area (TPSA) is 18.5 Å². The number of benzene rings is 2. The molecule has 2 nitrogen and oxygen atoms in total. The maximum atomic E-state index is 6.16. The highest BCUT2D eigenvalue weighted by molar-refractivity contribution is 5.64. The summed E-state index contributed by atoms with van der Waals surface area (Å²) in [6, 6.07) is 17.5. The number of hydrogen-bond donors (Lipinski definition) is 0. The van der Waals surface area contributed by atoms with E-state index in [1.165, 1.54) is 164 Å². The van der Waals surface area contributed by atoms with Crippen molar-refractivity contribution in [2.75, 3.05) is 13.2 Å². The average Bonchev–Trinajstić information content (AvgIpc) is 3.05. The normalized spacial score (nSPS) is 12.1. The molecule has 0 fully saturated rings. The van der Waals surface area contributed by atoms with Gasteiger partial charge in [0.25, 0.3) is 0 Å². The molecule has 44 heavy (non-hydrogen) atoms. The van der Waals surface area contributed by atoms with Gasteiger partial charge in [0.05, 0.1) is 12.7 Å². The third-order valence-corrected chi connectivity index (χ3v) is 9.20. The van der Waals surface area contributed by atoms with Crippen molar-refractivity contribution in [2.24, 2.45) is 0 Å². The van der Waals surface area contributed by atoms with Crippen molar-refractivity contribution in [2.45, 2.75) is 181 Å². The molecule has 0 spiro atoms. The SMILES string of the molecule is CCCCCCCCCCCCCCOc1ccc(-c2ccc(C(C)OCCCCCCCCCCCCCC)cc2)cc1. The van der Waals surface area contributed by atoms with Crippen molar-refractivity contribution in [3.8, 4) is 16.9 Å². The fourth-order valence-electron chi connectivity index (χ4n) is 6.12. The fourth-order valence-corrected chi connectivity index (χ4v) is 6.12. The van der Waals surface area contributed by atoms with Crippen molar-refractivity contribution in [1.82, 2.24) is 0 Å². The van der Waals surface area contributed by atoms with Crippen LogP contribution in [0, 0.1) is 0 Å². The van der Waals surface area contributed by atoms with Crippen LogP contribution in [0.15, 0.2) is 48.5 Å². The molecular weight excluding hydrogens is 536 g/mol. The molecule has 2 rings (SSSR count). The molecule has 0 aliphatic rings. The Morgan fingerprint density at radius 1 is 0.409 bits per heavy atom. The van der Waals surface area contributed by atoms with Gasteiger partial charge in [-0.2, -0.15) is 0 Å². The van der Waals surface area contributed by atoms with Gasteiger partial charge in [-0.05, 0) is 48.6 Å². The molecule has 0 aromatic heterocycles. The third kappa shape index (κ3) is 19.6. The Morgan fingerprint density at radius 3 is 1.16 bits per heavy atom. The number of ether oxygens (including phenoxy) is 2. The highest BCUT2D eigenvalue weighted by Crippen LogP contribution is 2.26. The van der Waals surface area contributed by atoms with Gasteiger partial charge >= 0.3 is 0 Å². The zero-order chi connectivity index (χ0) is 31.3. The zero-order valence-corrected chi connectivity index (χ0v) is 29.4. The van der Waals surface area contributed by atoms with Gasteiger partial charge in [0.2, 0.25) is 0 Å². The van der Waals surface area contributed by atoms with Gasteiger partial charge < -0.3 is 9.47 Å². The molecule has 2 aromatic carbocycles. The van der Waals surface area contributed by atoms with E-state index >= 15 is 0 Å². The Kier molecular flexibility index (Phi) is 24.0. The van der Waals surface area contributed by atoms with Gasteiger partial charge in [-0.25, -0.2) is 0 Å². The molecule has 0 amide bonds. The van der Waals surface area contributed by atoms with E-state index < -0.39 is 0 Å². The van der Waals surface area contributed by atoms with Crippen molar-refractivity contribution >= 4 is 0 Å². The Hall–Kier alpha value is -1.80. The van der Waals surface area contributed by atoms with E-state index in [1.807, 2.05) is 0 Å². The Balaban J connectivity index is 1.48. The molecule has 0 bridgehead atoms. The average molecular weight is 607 g/mol. The van der Waals surface area contributed by atoms with Crippen LogP contribution in [0.2, 0.25) is 0 Å². The largest absolute Gasteiger partial charge is 0.494 e. The van der Waals surface area contributed by atoms with Gasteiger partial charge in [-0.1, -0.05) is 192 Å². The first-order valence-corrected chi connectivity index (χ1v) is 19.2. The standard InChI is InChI=1S/C42H70O2/c1-4-6-8-10-12-14-16-18-20-22-24-26-36-43-38(3)39-28-30-40(31-29-39)41-32-34-42(35-33-41)44-37-27-25-23-21-19-17-15-13-11-9-7-5-2/h28-35,38H,4-27,36-37H2,1-3H3. The minimum absolute atomic E-state index is 0.146. The van der Waals surface area contributed by atoms with E-state index in [9.17, 15) is 0 Å². The number of rotatable bonds is 30. The quantitative estimate of drug-likeness (QED) is 0.0824. The van der Waals surface area contributed by atoms with Crippen molar-refractivity contribution in [1.29, 1.82) is 0 Å². The molecule has 0 aliphatic heterocycles. The maximum absolute atomic E-state index is 6.16. The smallest absolute Gasteiger partial charge is 0.119 e. The van der Waals surface area contributed by atoms with Crippen LogP contribution in [0.25, 0.3) is 11.1 Å². The Morgan fingerprint density at radius 2 is 0.750 bits per heavy atom. The van der Waals surface area contributed by atoms with E-state index in [4.69, 9.17) is 9.47 Å². The maximum Gasteiger partial charge on any atom is 0.119 e. The Labute approximate surface area is 274 Å². The van der Waals surface area contributed by atoms with Crippen LogP contribution >= 0.6 is 0 Å². The van der Waals surface area contributed by atoms with Gasteiger partial charge in [-0.3, -0.25) is 0 Å². The highest BCUT2D eigenvalue weighted by atomic mass is 16.5. The molecule has 2 heteroatoms. The summed E-state index contributed by atoms with van der Waals surface area (Å²) >= 11 is 0. The summed E-state index contributed by atoms with van der Waals surface area (Å²) in [5.41, 5.74) is 3.74. The molecule has 0 heterocycles. The second kappa shape index (κ2) is 27.5. The van der Waals surface area contributed by atoms with E-state index in [2.05, 4.69) is 69.3 Å². The fraction of sp³-hybridized carbons (Fsp3) is 0.714. The summed E-state index contributed by atoms with van der Waals surface area (Å²) in [6.45, 7) is 8.44. The molecule has 0 aliphatic carbocycles. The predicted molar refractivity (Wildman–Crippen MR) is 194 cm³/mol. The molecule has 0 saturated heterocycles. The summed E-state index contributed by atoms with van der Waals surface area (Å²) in [5.74, 6) is 0.980. The zero-order valence-electron chi connectivity index (χ0n) is 29.4. The summed E-state index contributed by atoms with van der Waals surface area (Å²) in [5, 5.41) is 0. The molecular formula is C42H70O2. The van der Waals surface area contributed by atoms with Crippen LogP contribution in [0.3, 0.4) is 0 Å². The summed E-state index contributed by atoms with van der Waals surface area (Å²) < 4.78 is 12.2. The van der Waals surface area contributed by atoms with Crippen LogP contribution < -0.4 is 4.74 Å². The second-order valence-electron chi connectivity index (χ2n) is 13.3. The minimum atomic E-state index is 0.146. The summed E-state index contributed by atoms with van der Waals surface area (Å²) in [6.07, 6.45) is 33.2. The molecule has 250 valence electrons. The monoisotopic (exact) mass is 607 g/mol. The van der Waals surface area contributed by atoms with Crippen LogP contribution in [0.5, 0.6) is 5.75 Å². The van der Waals surface area contributed by atoms with E-state index in [-0.39, 0.29) is 6.10 Å². The lowest BCUT2D eigenvalue weighted by Gasteiger charge is -2.14.